The molecule has 1 N–H and O–H groups in total. The number of carboxylic acids is 1. The lowest BCUT2D eigenvalue weighted by Crippen LogP contribution is -2.41. The molecule has 0 radical (unpaired) electrons. The van der Waals surface area contributed by atoms with E-state index in [1.165, 1.54) is 18.3 Å². The molecule has 128 valence electrons. The second-order valence-electron chi connectivity index (χ2n) is 5.79. The first kappa shape index (κ1) is 16.3. The molecule has 1 aliphatic heterocycles. The number of nitrogens with zero attached hydrogens (tertiary/aromatic N) is 1. The molecule has 0 aliphatic carbocycles. The van der Waals surface area contributed by atoms with Gasteiger partial charge in [-0.15, -0.1) is 0 Å². The average molecular weight is 333 g/mol. The van der Waals surface area contributed by atoms with Crippen molar-refractivity contribution >= 4 is 22.8 Å². The molecule has 2 heterocycles. The van der Waals surface area contributed by atoms with Gasteiger partial charge in [0.1, 0.15) is 17.4 Å². The second kappa shape index (κ2) is 6.52. The Morgan fingerprint density at radius 3 is 2.83 bits per heavy atom. The molecule has 2 atom stereocenters. The molecular weight excluding hydrogens is 314 g/mol. The smallest absolute Gasteiger partial charge is 0.326 e. The normalized spacial score (nSPS) is 20.5. The molecule has 1 fully saturated rings. The molecule has 1 aliphatic rings. The number of ether oxygens (including phenoxy) is 2. The molecule has 1 aromatic carbocycles. The highest BCUT2D eigenvalue weighted by molar-refractivity contribution is 5.90. The summed E-state index contributed by atoms with van der Waals surface area (Å²) in [5.41, 5.74) is 1.35. The Bertz CT molecular complexity index is 768. The fourth-order valence-corrected chi connectivity index (χ4v) is 3.07. The van der Waals surface area contributed by atoms with Crippen molar-refractivity contribution in [1.82, 2.24) is 4.90 Å². The number of methoxy groups -OCH3 is 2. The number of carboxylic acid groups (broad SMARTS) is 1. The molecule has 3 rings (SSSR count). The van der Waals surface area contributed by atoms with Crippen LogP contribution in [0.15, 0.2) is 28.9 Å². The van der Waals surface area contributed by atoms with E-state index in [2.05, 4.69) is 0 Å². The van der Waals surface area contributed by atoms with Crippen molar-refractivity contribution in [3.63, 3.8) is 0 Å². The van der Waals surface area contributed by atoms with Gasteiger partial charge >= 0.3 is 5.97 Å². The molecule has 0 bridgehead atoms. The van der Waals surface area contributed by atoms with E-state index in [-0.39, 0.29) is 25.0 Å². The predicted octanol–water partition coefficient (Wildman–Crippen LogP) is 1.68. The number of rotatable bonds is 5. The monoisotopic (exact) mass is 333 g/mol. The van der Waals surface area contributed by atoms with Gasteiger partial charge in [-0.3, -0.25) is 4.79 Å². The number of hydrogen-bond donors (Lipinski definition) is 1. The Morgan fingerprint density at radius 2 is 2.17 bits per heavy atom. The molecule has 7 nitrogen and oxygen atoms in total. The third kappa shape index (κ3) is 2.94. The predicted molar refractivity (Wildman–Crippen MR) is 85.0 cm³/mol. The number of amides is 1. The number of aliphatic carboxylic acids is 1. The minimum atomic E-state index is -1.01. The van der Waals surface area contributed by atoms with Gasteiger partial charge in [-0.05, 0) is 12.1 Å². The van der Waals surface area contributed by atoms with Crippen LogP contribution in [0.1, 0.15) is 12.0 Å². The van der Waals surface area contributed by atoms with E-state index >= 15 is 0 Å². The van der Waals surface area contributed by atoms with Crippen molar-refractivity contribution in [2.75, 3.05) is 20.8 Å². The maximum Gasteiger partial charge on any atom is 0.326 e. The third-order valence-electron chi connectivity index (χ3n) is 4.41. The molecular formula is C17H19NO6. The van der Waals surface area contributed by atoms with Gasteiger partial charge in [0, 0.05) is 37.1 Å². The standard InChI is InChI=1S/C17H19NO6/c1-22-11-3-4-13-10(9-24-15(13)7-11)5-16(19)18-8-12(23-2)6-14(18)17(20)21/h3-4,7,9,12,14H,5-6,8H2,1-2H3,(H,20,21). The van der Waals surface area contributed by atoms with Crippen LogP contribution in [0.3, 0.4) is 0 Å². The van der Waals surface area contributed by atoms with Gasteiger partial charge in [0.05, 0.1) is 25.9 Å². The Kier molecular flexibility index (Phi) is 4.44. The van der Waals surface area contributed by atoms with Crippen LogP contribution in [0, 0.1) is 0 Å². The SMILES string of the molecule is COc1ccc2c(CC(=O)N3CC(OC)CC3C(=O)O)coc2c1. The van der Waals surface area contributed by atoms with E-state index < -0.39 is 12.0 Å². The zero-order chi connectivity index (χ0) is 17.3. The van der Waals surface area contributed by atoms with Gasteiger partial charge in [-0.1, -0.05) is 0 Å². The topological polar surface area (TPSA) is 89.2 Å². The molecule has 2 aromatic rings. The molecule has 1 aromatic heterocycles. The summed E-state index contributed by atoms with van der Waals surface area (Å²) in [4.78, 5) is 25.4. The van der Waals surface area contributed by atoms with Crippen molar-refractivity contribution < 1.29 is 28.6 Å². The first-order valence-corrected chi connectivity index (χ1v) is 7.62. The summed E-state index contributed by atoms with van der Waals surface area (Å²) in [6.07, 6.45) is 1.67. The average Bonchev–Trinajstić information content (AvgIpc) is 3.18. The number of fused-ring (bicyclic) bond motifs is 1. The van der Waals surface area contributed by atoms with Crippen molar-refractivity contribution in [1.29, 1.82) is 0 Å². The quantitative estimate of drug-likeness (QED) is 0.895. The first-order valence-electron chi connectivity index (χ1n) is 7.62. The number of benzene rings is 1. The molecule has 1 amide bonds. The van der Waals surface area contributed by atoms with E-state index in [0.717, 1.165) is 10.9 Å². The number of hydrogen-bond acceptors (Lipinski definition) is 5. The minimum Gasteiger partial charge on any atom is -0.497 e. The summed E-state index contributed by atoms with van der Waals surface area (Å²) in [6, 6.07) is 4.53. The van der Waals surface area contributed by atoms with Crippen molar-refractivity contribution in [2.24, 2.45) is 0 Å². The summed E-state index contributed by atoms with van der Waals surface area (Å²) in [5.74, 6) is -0.590. The summed E-state index contributed by atoms with van der Waals surface area (Å²) >= 11 is 0. The molecule has 2 unspecified atom stereocenters. The molecule has 0 saturated carbocycles. The fourth-order valence-electron chi connectivity index (χ4n) is 3.07. The van der Waals surface area contributed by atoms with Crippen LogP contribution in [0.2, 0.25) is 0 Å². The number of carbonyl (C=O) groups excluding carboxylic acids is 1. The largest absolute Gasteiger partial charge is 0.497 e. The minimum absolute atomic E-state index is 0.0829. The Hall–Kier alpha value is -2.54. The zero-order valence-corrected chi connectivity index (χ0v) is 13.5. The van der Waals surface area contributed by atoms with E-state index in [1.807, 2.05) is 6.07 Å². The van der Waals surface area contributed by atoms with Gasteiger partial charge in [0.15, 0.2) is 0 Å². The Balaban J connectivity index is 1.80. The second-order valence-corrected chi connectivity index (χ2v) is 5.79. The van der Waals surface area contributed by atoms with Crippen LogP contribution in [-0.2, 0) is 20.7 Å². The van der Waals surface area contributed by atoms with E-state index in [9.17, 15) is 14.7 Å². The van der Waals surface area contributed by atoms with Crippen LogP contribution in [0.25, 0.3) is 11.0 Å². The summed E-state index contributed by atoms with van der Waals surface area (Å²) in [5, 5.41) is 10.1. The van der Waals surface area contributed by atoms with E-state index in [1.54, 1.807) is 19.2 Å². The van der Waals surface area contributed by atoms with Crippen LogP contribution in [-0.4, -0.2) is 54.8 Å². The van der Waals surface area contributed by atoms with Crippen LogP contribution in [0.5, 0.6) is 5.75 Å². The maximum absolute atomic E-state index is 12.6. The van der Waals surface area contributed by atoms with Crippen LogP contribution in [0.4, 0.5) is 0 Å². The highest BCUT2D eigenvalue weighted by atomic mass is 16.5. The van der Waals surface area contributed by atoms with Crippen molar-refractivity contribution in [2.45, 2.75) is 25.0 Å². The van der Waals surface area contributed by atoms with E-state index in [0.29, 0.717) is 17.8 Å². The zero-order valence-electron chi connectivity index (χ0n) is 13.5. The van der Waals surface area contributed by atoms with E-state index in [4.69, 9.17) is 13.9 Å². The van der Waals surface area contributed by atoms with Gasteiger partial charge < -0.3 is 23.9 Å². The highest BCUT2D eigenvalue weighted by Crippen LogP contribution is 2.27. The van der Waals surface area contributed by atoms with Gasteiger partial charge in [-0.25, -0.2) is 4.79 Å². The molecule has 24 heavy (non-hydrogen) atoms. The lowest BCUT2D eigenvalue weighted by molar-refractivity contribution is -0.147. The summed E-state index contributed by atoms with van der Waals surface area (Å²) in [6.45, 7) is 0.288. The lowest BCUT2D eigenvalue weighted by atomic mass is 10.1. The van der Waals surface area contributed by atoms with Gasteiger partial charge in [-0.2, -0.15) is 0 Å². The van der Waals surface area contributed by atoms with Crippen molar-refractivity contribution in [3.8, 4) is 5.75 Å². The molecule has 1 saturated heterocycles. The molecule has 0 spiro atoms. The molecule has 7 heteroatoms. The Morgan fingerprint density at radius 1 is 1.38 bits per heavy atom. The first-order chi connectivity index (χ1) is 11.5. The van der Waals surface area contributed by atoms with Gasteiger partial charge in [0.2, 0.25) is 5.91 Å². The third-order valence-corrected chi connectivity index (χ3v) is 4.41. The summed E-state index contributed by atoms with van der Waals surface area (Å²) in [7, 11) is 3.09. The fraction of sp³-hybridized carbons (Fsp3) is 0.412. The Labute approximate surface area is 138 Å². The number of furan rings is 1. The lowest BCUT2D eigenvalue weighted by Gasteiger charge is -2.21. The number of carbonyl (C=O) groups is 2. The highest BCUT2D eigenvalue weighted by Gasteiger charge is 2.39. The van der Waals surface area contributed by atoms with Crippen LogP contribution < -0.4 is 4.74 Å². The number of likely N-dealkylation sites (tertiary alicyclic amines) is 1. The summed E-state index contributed by atoms with van der Waals surface area (Å²) < 4.78 is 15.8. The van der Waals surface area contributed by atoms with Crippen LogP contribution >= 0.6 is 0 Å². The maximum atomic E-state index is 12.6. The van der Waals surface area contributed by atoms with Crippen molar-refractivity contribution in [3.05, 3.63) is 30.0 Å². The van der Waals surface area contributed by atoms with Gasteiger partial charge in [0.25, 0.3) is 0 Å².